The molecule has 0 aliphatic rings. The third kappa shape index (κ3) is 1.24. The molecular weight excluding hydrogens is 186 g/mol. The van der Waals surface area contributed by atoms with Gasteiger partial charge in [0, 0.05) is 12.3 Å². The Bertz CT molecular complexity index is 492. The molecule has 0 saturated heterocycles. The molecular formula is C7H7N5O2. The predicted molar refractivity (Wildman–Crippen MR) is 46.5 cm³/mol. The molecule has 0 fully saturated rings. The molecule has 0 radical (unpaired) electrons. The monoisotopic (exact) mass is 193 g/mol. The van der Waals surface area contributed by atoms with Gasteiger partial charge in [0.2, 0.25) is 5.95 Å². The van der Waals surface area contributed by atoms with Gasteiger partial charge in [-0.05, 0) is 0 Å². The topological polar surface area (TPSA) is 106 Å². The molecule has 0 spiro atoms. The fraction of sp³-hybridized carbons (Fsp3) is 0.143. The molecule has 0 amide bonds. The molecule has 0 bridgehead atoms. The summed E-state index contributed by atoms with van der Waals surface area (Å²) in [5.41, 5.74) is 6.05. The molecule has 0 aliphatic carbocycles. The molecule has 72 valence electrons. The normalized spacial score (nSPS) is 10.6. The van der Waals surface area contributed by atoms with E-state index < -0.39 is 5.97 Å². The van der Waals surface area contributed by atoms with Crippen molar-refractivity contribution in [3.8, 4) is 0 Å². The van der Waals surface area contributed by atoms with Crippen molar-refractivity contribution in [3.63, 3.8) is 0 Å². The van der Waals surface area contributed by atoms with E-state index >= 15 is 0 Å². The van der Waals surface area contributed by atoms with Crippen LogP contribution >= 0.6 is 0 Å². The minimum Gasteiger partial charge on any atom is -0.481 e. The SMILES string of the molecule is Nc1nccc2nnc(CC(=O)O)n12. The number of hydrogen-bond acceptors (Lipinski definition) is 5. The summed E-state index contributed by atoms with van der Waals surface area (Å²) in [7, 11) is 0. The smallest absolute Gasteiger partial charge is 0.311 e. The van der Waals surface area contributed by atoms with Gasteiger partial charge in [-0.2, -0.15) is 0 Å². The number of nitrogens with zero attached hydrogens (tertiary/aromatic N) is 4. The van der Waals surface area contributed by atoms with Gasteiger partial charge in [0.25, 0.3) is 0 Å². The van der Waals surface area contributed by atoms with E-state index in [9.17, 15) is 4.79 Å². The van der Waals surface area contributed by atoms with E-state index in [1.54, 1.807) is 6.07 Å². The van der Waals surface area contributed by atoms with Crippen molar-refractivity contribution >= 4 is 17.6 Å². The molecule has 7 nitrogen and oxygen atoms in total. The number of rotatable bonds is 2. The quantitative estimate of drug-likeness (QED) is 0.655. The Balaban J connectivity index is 2.61. The van der Waals surface area contributed by atoms with Crippen LogP contribution in [0, 0.1) is 0 Å². The average molecular weight is 193 g/mol. The van der Waals surface area contributed by atoms with E-state index in [1.807, 2.05) is 0 Å². The second-order valence-electron chi connectivity index (χ2n) is 2.68. The molecule has 2 rings (SSSR count). The molecule has 0 unspecified atom stereocenters. The molecule has 3 N–H and O–H groups in total. The zero-order chi connectivity index (χ0) is 10.1. The summed E-state index contributed by atoms with van der Waals surface area (Å²) in [5.74, 6) is -0.524. The zero-order valence-corrected chi connectivity index (χ0v) is 7.08. The van der Waals surface area contributed by atoms with Crippen molar-refractivity contribution in [2.24, 2.45) is 0 Å². The summed E-state index contributed by atoms with van der Waals surface area (Å²) >= 11 is 0. The maximum Gasteiger partial charge on any atom is 0.311 e. The second-order valence-corrected chi connectivity index (χ2v) is 2.68. The van der Waals surface area contributed by atoms with Gasteiger partial charge in [0.05, 0.1) is 0 Å². The average Bonchev–Trinajstić information content (AvgIpc) is 2.49. The number of fused-ring (bicyclic) bond motifs is 1. The number of carboxylic acid groups (broad SMARTS) is 1. The van der Waals surface area contributed by atoms with Crippen LogP contribution in [0.5, 0.6) is 0 Å². The van der Waals surface area contributed by atoms with Gasteiger partial charge in [0.1, 0.15) is 6.42 Å². The number of carbonyl (C=O) groups is 1. The minimum atomic E-state index is -0.984. The van der Waals surface area contributed by atoms with E-state index in [2.05, 4.69) is 15.2 Å². The summed E-state index contributed by atoms with van der Waals surface area (Å²) in [6.45, 7) is 0. The lowest BCUT2D eigenvalue weighted by Gasteiger charge is -1.98. The van der Waals surface area contributed by atoms with Crippen molar-refractivity contribution in [1.82, 2.24) is 19.6 Å². The standard InChI is InChI=1S/C7H7N5O2/c8-7-9-2-1-4-10-11-5(12(4)7)3-6(13)14/h1-2H,3H2,(H2,8,9)(H,13,14). The summed E-state index contributed by atoms with van der Waals surface area (Å²) in [4.78, 5) is 14.3. The molecule has 0 aromatic carbocycles. The fourth-order valence-corrected chi connectivity index (χ4v) is 1.18. The molecule has 2 heterocycles. The number of nitrogens with two attached hydrogens (primary N) is 1. The third-order valence-corrected chi connectivity index (χ3v) is 1.72. The lowest BCUT2D eigenvalue weighted by molar-refractivity contribution is -0.136. The highest BCUT2D eigenvalue weighted by Gasteiger charge is 2.11. The Hall–Kier alpha value is -2.18. The Morgan fingerprint density at radius 2 is 2.36 bits per heavy atom. The number of nitrogen functional groups attached to an aromatic ring is 1. The lowest BCUT2D eigenvalue weighted by atomic mass is 10.4. The summed E-state index contributed by atoms with van der Waals surface area (Å²) in [5, 5.41) is 16.1. The first-order valence-electron chi connectivity index (χ1n) is 3.85. The fourth-order valence-electron chi connectivity index (χ4n) is 1.18. The lowest BCUT2D eigenvalue weighted by Crippen LogP contribution is -2.08. The Morgan fingerprint density at radius 3 is 3.07 bits per heavy atom. The van der Waals surface area contributed by atoms with E-state index in [0.717, 1.165) is 0 Å². The van der Waals surface area contributed by atoms with Crippen molar-refractivity contribution in [2.45, 2.75) is 6.42 Å². The van der Waals surface area contributed by atoms with Crippen LogP contribution in [0.3, 0.4) is 0 Å². The van der Waals surface area contributed by atoms with Crippen molar-refractivity contribution in [1.29, 1.82) is 0 Å². The number of anilines is 1. The first kappa shape index (κ1) is 8.42. The number of aliphatic carboxylic acids is 1. The third-order valence-electron chi connectivity index (χ3n) is 1.72. The van der Waals surface area contributed by atoms with Crippen molar-refractivity contribution in [3.05, 3.63) is 18.1 Å². The van der Waals surface area contributed by atoms with E-state index in [-0.39, 0.29) is 18.2 Å². The zero-order valence-electron chi connectivity index (χ0n) is 7.08. The van der Waals surface area contributed by atoms with E-state index in [0.29, 0.717) is 5.65 Å². The molecule has 7 heteroatoms. The maximum absolute atomic E-state index is 10.5. The first-order chi connectivity index (χ1) is 6.68. The number of carboxylic acids is 1. The van der Waals surface area contributed by atoms with E-state index in [4.69, 9.17) is 10.8 Å². The van der Waals surface area contributed by atoms with Crippen LogP contribution in [0.15, 0.2) is 12.3 Å². The second kappa shape index (κ2) is 2.95. The van der Waals surface area contributed by atoms with Gasteiger partial charge in [-0.15, -0.1) is 10.2 Å². The van der Waals surface area contributed by atoms with Crippen molar-refractivity contribution < 1.29 is 9.90 Å². The van der Waals surface area contributed by atoms with Crippen molar-refractivity contribution in [2.75, 3.05) is 5.73 Å². The van der Waals surface area contributed by atoms with Crippen LogP contribution < -0.4 is 5.73 Å². The summed E-state index contributed by atoms with van der Waals surface area (Å²) < 4.78 is 1.41. The first-order valence-corrected chi connectivity index (χ1v) is 3.85. The predicted octanol–water partition coefficient (Wildman–Crippen LogP) is -0.666. The molecule has 0 atom stereocenters. The summed E-state index contributed by atoms with van der Waals surface area (Å²) in [6.07, 6.45) is 1.26. The van der Waals surface area contributed by atoms with Crippen LogP contribution in [0.2, 0.25) is 0 Å². The van der Waals surface area contributed by atoms with Crippen LogP contribution in [0.4, 0.5) is 5.95 Å². The Labute approximate surface area is 78.2 Å². The van der Waals surface area contributed by atoms with Crippen LogP contribution in [0.1, 0.15) is 5.82 Å². The summed E-state index contributed by atoms with van der Waals surface area (Å²) in [6, 6.07) is 1.61. The molecule has 0 aliphatic heterocycles. The molecule has 14 heavy (non-hydrogen) atoms. The molecule has 2 aromatic heterocycles. The number of hydrogen-bond donors (Lipinski definition) is 2. The van der Waals surface area contributed by atoms with Gasteiger partial charge in [-0.1, -0.05) is 0 Å². The van der Waals surface area contributed by atoms with Gasteiger partial charge in [-0.3, -0.25) is 4.79 Å². The minimum absolute atomic E-state index is 0.184. The van der Waals surface area contributed by atoms with Crippen LogP contribution in [-0.2, 0) is 11.2 Å². The largest absolute Gasteiger partial charge is 0.481 e. The molecule has 2 aromatic rings. The highest BCUT2D eigenvalue weighted by atomic mass is 16.4. The van der Waals surface area contributed by atoms with Crippen LogP contribution in [-0.4, -0.2) is 30.7 Å². The van der Waals surface area contributed by atoms with E-state index in [1.165, 1.54) is 10.6 Å². The molecule has 0 saturated carbocycles. The van der Waals surface area contributed by atoms with Gasteiger partial charge < -0.3 is 10.8 Å². The van der Waals surface area contributed by atoms with Gasteiger partial charge >= 0.3 is 5.97 Å². The Kier molecular flexibility index (Phi) is 1.77. The number of aromatic nitrogens is 4. The maximum atomic E-state index is 10.5. The van der Waals surface area contributed by atoms with Crippen LogP contribution in [0.25, 0.3) is 5.65 Å². The highest BCUT2D eigenvalue weighted by molar-refractivity contribution is 5.69. The Morgan fingerprint density at radius 1 is 1.57 bits per heavy atom. The van der Waals surface area contributed by atoms with Gasteiger partial charge in [-0.25, -0.2) is 9.38 Å². The van der Waals surface area contributed by atoms with Gasteiger partial charge in [0.15, 0.2) is 11.5 Å². The highest BCUT2D eigenvalue weighted by Crippen LogP contribution is 2.07.